The maximum atomic E-state index is 12.4. The van der Waals surface area contributed by atoms with Gasteiger partial charge in [0.05, 0.1) is 5.75 Å². The molecule has 0 bridgehead atoms. The summed E-state index contributed by atoms with van der Waals surface area (Å²) in [6.07, 6.45) is 2.47. The molecular formula is C18H24N4OS. The molecule has 1 saturated heterocycles. The lowest BCUT2D eigenvalue weighted by Crippen LogP contribution is -2.30. The Kier molecular flexibility index (Phi) is 4.94. The summed E-state index contributed by atoms with van der Waals surface area (Å²) in [5, 5.41) is 6.80. The number of carbonyl (C=O) groups excluding carboxylic acids is 1. The van der Waals surface area contributed by atoms with Crippen LogP contribution in [0.15, 0.2) is 35.5 Å². The molecule has 1 unspecified atom stereocenters. The molecule has 1 aromatic heterocycles. The fraction of sp³-hybridized carbons (Fsp3) is 0.500. The third kappa shape index (κ3) is 3.98. The summed E-state index contributed by atoms with van der Waals surface area (Å²) in [6.45, 7) is 8.15. The number of rotatable bonds is 4. The van der Waals surface area contributed by atoms with Crippen molar-refractivity contribution in [1.82, 2.24) is 20.1 Å². The zero-order chi connectivity index (χ0) is 17.2. The molecule has 1 fully saturated rings. The number of nitrogens with zero attached hydrogens (tertiary/aromatic N) is 3. The van der Waals surface area contributed by atoms with Gasteiger partial charge in [-0.15, -0.1) is 11.8 Å². The van der Waals surface area contributed by atoms with Crippen molar-refractivity contribution < 1.29 is 4.79 Å². The van der Waals surface area contributed by atoms with E-state index in [4.69, 9.17) is 0 Å². The molecule has 24 heavy (non-hydrogen) atoms. The number of benzene rings is 1. The summed E-state index contributed by atoms with van der Waals surface area (Å²) in [6, 6.07) is 8.53. The van der Waals surface area contributed by atoms with Gasteiger partial charge in [-0.2, -0.15) is 5.10 Å². The molecule has 3 rings (SSSR count). The lowest BCUT2D eigenvalue weighted by atomic mass is 9.87. The number of amides is 1. The quantitative estimate of drug-likeness (QED) is 0.865. The Morgan fingerprint density at radius 1 is 1.33 bits per heavy atom. The second kappa shape index (κ2) is 6.97. The second-order valence-electron chi connectivity index (χ2n) is 7.26. The zero-order valence-electron chi connectivity index (χ0n) is 14.5. The molecule has 1 aliphatic heterocycles. The van der Waals surface area contributed by atoms with Crippen LogP contribution in [0.5, 0.6) is 0 Å². The van der Waals surface area contributed by atoms with Gasteiger partial charge in [0.15, 0.2) is 0 Å². The number of likely N-dealkylation sites (tertiary alicyclic amines) is 1. The van der Waals surface area contributed by atoms with Crippen LogP contribution in [0.2, 0.25) is 0 Å². The second-order valence-corrected chi connectivity index (χ2v) is 8.31. The van der Waals surface area contributed by atoms with Gasteiger partial charge in [0, 0.05) is 23.9 Å². The van der Waals surface area contributed by atoms with E-state index in [0.29, 0.717) is 5.75 Å². The summed E-state index contributed by atoms with van der Waals surface area (Å²) < 4.78 is 0. The first-order chi connectivity index (χ1) is 11.4. The van der Waals surface area contributed by atoms with Gasteiger partial charge in [-0.25, -0.2) is 4.98 Å². The fourth-order valence-corrected chi connectivity index (χ4v) is 3.71. The van der Waals surface area contributed by atoms with E-state index >= 15 is 0 Å². The average Bonchev–Trinajstić information content (AvgIpc) is 3.22. The molecule has 0 radical (unpaired) electrons. The van der Waals surface area contributed by atoms with Gasteiger partial charge in [0.25, 0.3) is 0 Å². The topological polar surface area (TPSA) is 61.9 Å². The highest BCUT2D eigenvalue weighted by atomic mass is 32.2. The first-order valence-electron chi connectivity index (χ1n) is 8.30. The van der Waals surface area contributed by atoms with E-state index in [9.17, 15) is 4.79 Å². The molecule has 0 saturated carbocycles. The molecule has 1 aromatic carbocycles. The Balaban J connectivity index is 1.51. The largest absolute Gasteiger partial charge is 0.341 e. The van der Waals surface area contributed by atoms with Crippen LogP contribution in [0.25, 0.3) is 0 Å². The normalized spacial score (nSPS) is 18.1. The van der Waals surface area contributed by atoms with Gasteiger partial charge in [0.2, 0.25) is 5.91 Å². The first kappa shape index (κ1) is 17.0. The van der Waals surface area contributed by atoms with Crippen molar-refractivity contribution in [2.45, 2.75) is 43.4 Å². The van der Waals surface area contributed by atoms with Crippen molar-refractivity contribution in [2.75, 3.05) is 18.8 Å². The van der Waals surface area contributed by atoms with E-state index in [-0.39, 0.29) is 17.2 Å². The minimum Gasteiger partial charge on any atom is -0.341 e. The van der Waals surface area contributed by atoms with Crippen LogP contribution < -0.4 is 0 Å². The van der Waals surface area contributed by atoms with Crippen molar-refractivity contribution >= 4 is 17.7 Å². The van der Waals surface area contributed by atoms with Crippen molar-refractivity contribution in [3.63, 3.8) is 0 Å². The highest BCUT2D eigenvalue weighted by molar-refractivity contribution is 8.00. The standard InChI is InChI=1S/C18H24N4OS/c1-18(2,3)14-4-6-15(7-5-14)24-11-16(23)22-9-8-13(10-22)17-19-12-20-21-17/h4-7,12-13H,8-11H2,1-3H3,(H,19,20,21). The average molecular weight is 344 g/mol. The van der Waals surface area contributed by atoms with E-state index in [2.05, 4.69) is 60.2 Å². The van der Waals surface area contributed by atoms with Crippen LogP contribution in [-0.2, 0) is 10.2 Å². The predicted molar refractivity (Wildman–Crippen MR) is 96.2 cm³/mol. The monoisotopic (exact) mass is 344 g/mol. The molecule has 2 aromatic rings. The Labute approximate surface area is 147 Å². The minimum absolute atomic E-state index is 0.157. The van der Waals surface area contributed by atoms with Crippen molar-refractivity contribution in [3.8, 4) is 0 Å². The van der Waals surface area contributed by atoms with Crippen molar-refractivity contribution in [1.29, 1.82) is 0 Å². The van der Waals surface area contributed by atoms with Crippen LogP contribution in [-0.4, -0.2) is 44.8 Å². The molecule has 2 heterocycles. The third-order valence-corrected chi connectivity index (χ3v) is 5.44. The fourth-order valence-electron chi connectivity index (χ4n) is 2.91. The minimum atomic E-state index is 0.157. The predicted octanol–water partition coefficient (Wildman–Crippen LogP) is 3.21. The number of carbonyl (C=O) groups is 1. The Morgan fingerprint density at radius 3 is 2.71 bits per heavy atom. The van der Waals surface area contributed by atoms with Crippen LogP contribution >= 0.6 is 11.8 Å². The maximum absolute atomic E-state index is 12.4. The zero-order valence-corrected chi connectivity index (χ0v) is 15.3. The molecule has 0 aliphatic carbocycles. The Bertz CT molecular complexity index is 676. The molecule has 128 valence electrons. The van der Waals surface area contributed by atoms with Crippen LogP contribution in [0.3, 0.4) is 0 Å². The van der Waals surface area contributed by atoms with Gasteiger partial charge in [-0.3, -0.25) is 9.89 Å². The summed E-state index contributed by atoms with van der Waals surface area (Å²) in [5.74, 6) is 1.85. The van der Waals surface area contributed by atoms with Crippen LogP contribution in [0.1, 0.15) is 44.5 Å². The van der Waals surface area contributed by atoms with E-state index in [0.717, 1.165) is 30.2 Å². The molecule has 1 N–H and O–H groups in total. The summed E-state index contributed by atoms with van der Waals surface area (Å²) >= 11 is 1.61. The van der Waals surface area contributed by atoms with Gasteiger partial charge in [0.1, 0.15) is 12.2 Å². The highest BCUT2D eigenvalue weighted by Gasteiger charge is 2.28. The lowest BCUT2D eigenvalue weighted by Gasteiger charge is -2.19. The summed E-state index contributed by atoms with van der Waals surface area (Å²) in [5.41, 5.74) is 1.47. The summed E-state index contributed by atoms with van der Waals surface area (Å²) in [7, 11) is 0. The van der Waals surface area contributed by atoms with Gasteiger partial charge >= 0.3 is 0 Å². The lowest BCUT2D eigenvalue weighted by molar-refractivity contribution is -0.127. The highest BCUT2D eigenvalue weighted by Crippen LogP contribution is 2.27. The number of aromatic amines is 1. The molecule has 1 aliphatic rings. The molecule has 6 heteroatoms. The number of thioether (sulfide) groups is 1. The van der Waals surface area contributed by atoms with Crippen LogP contribution in [0, 0.1) is 0 Å². The Morgan fingerprint density at radius 2 is 2.08 bits per heavy atom. The number of hydrogen-bond acceptors (Lipinski definition) is 4. The number of aromatic nitrogens is 3. The summed E-state index contributed by atoms with van der Waals surface area (Å²) in [4.78, 5) is 19.7. The molecular weight excluding hydrogens is 320 g/mol. The maximum Gasteiger partial charge on any atom is 0.232 e. The van der Waals surface area contributed by atoms with E-state index in [1.54, 1.807) is 11.8 Å². The number of H-pyrrole nitrogens is 1. The number of hydrogen-bond donors (Lipinski definition) is 1. The van der Waals surface area contributed by atoms with Gasteiger partial charge in [-0.05, 0) is 29.5 Å². The van der Waals surface area contributed by atoms with E-state index in [1.165, 1.54) is 11.9 Å². The smallest absolute Gasteiger partial charge is 0.232 e. The Hall–Kier alpha value is -1.82. The van der Waals surface area contributed by atoms with Crippen molar-refractivity contribution in [2.24, 2.45) is 0 Å². The van der Waals surface area contributed by atoms with Crippen LogP contribution in [0.4, 0.5) is 0 Å². The third-order valence-electron chi connectivity index (χ3n) is 4.44. The van der Waals surface area contributed by atoms with E-state index < -0.39 is 0 Å². The van der Waals surface area contributed by atoms with Gasteiger partial charge < -0.3 is 4.90 Å². The molecule has 5 nitrogen and oxygen atoms in total. The molecule has 1 atom stereocenters. The molecule has 1 amide bonds. The van der Waals surface area contributed by atoms with E-state index in [1.807, 2.05) is 4.90 Å². The number of nitrogens with one attached hydrogen (secondary N) is 1. The van der Waals surface area contributed by atoms with Crippen molar-refractivity contribution in [3.05, 3.63) is 42.0 Å². The van der Waals surface area contributed by atoms with Gasteiger partial charge in [-0.1, -0.05) is 32.9 Å². The SMILES string of the molecule is CC(C)(C)c1ccc(SCC(=O)N2CCC(c3ncn[nH]3)C2)cc1. The molecule has 0 spiro atoms. The first-order valence-corrected chi connectivity index (χ1v) is 9.28.